The summed E-state index contributed by atoms with van der Waals surface area (Å²) in [4.78, 5) is 0. The third kappa shape index (κ3) is 4.47. The van der Waals surface area contributed by atoms with Gasteiger partial charge in [-0.05, 0) is 11.1 Å². The van der Waals surface area contributed by atoms with E-state index in [-0.39, 0.29) is 12.2 Å². The van der Waals surface area contributed by atoms with Crippen molar-refractivity contribution in [2.24, 2.45) is 0 Å². The summed E-state index contributed by atoms with van der Waals surface area (Å²) in [5.74, 6) is -0.637. The highest BCUT2D eigenvalue weighted by molar-refractivity contribution is 5.19. The van der Waals surface area contributed by atoms with Crippen LogP contribution in [-0.2, 0) is 22.3 Å². The SMILES string of the molecule is C=CCC1(CC=C)O[C@H](Cc2ccccc2)[C@@H](Cc2ccccc2)O1. The normalized spacial score (nSPS) is 21.8. The standard InChI is InChI=1S/C23H26O2/c1-3-15-23(16-4-2)24-21(17-19-11-7-5-8-12-19)22(25-23)18-20-13-9-6-10-14-20/h3-14,21-22H,1-2,15-18H2/t21-,22-/m1/s1. The predicted molar refractivity (Wildman–Crippen MR) is 102 cm³/mol. The van der Waals surface area contributed by atoms with E-state index in [4.69, 9.17) is 9.47 Å². The Morgan fingerprint density at radius 2 is 1.12 bits per heavy atom. The number of hydrogen-bond acceptors (Lipinski definition) is 2. The van der Waals surface area contributed by atoms with E-state index < -0.39 is 5.79 Å². The Morgan fingerprint density at radius 1 is 0.720 bits per heavy atom. The van der Waals surface area contributed by atoms with Crippen molar-refractivity contribution in [3.05, 3.63) is 97.1 Å². The fourth-order valence-corrected chi connectivity index (χ4v) is 3.49. The summed E-state index contributed by atoms with van der Waals surface area (Å²) in [7, 11) is 0. The molecule has 0 aromatic heterocycles. The maximum absolute atomic E-state index is 6.45. The van der Waals surface area contributed by atoms with Gasteiger partial charge in [-0.15, -0.1) is 13.2 Å². The first-order chi connectivity index (χ1) is 12.2. The van der Waals surface area contributed by atoms with E-state index in [1.54, 1.807) is 0 Å². The molecular formula is C23H26O2. The van der Waals surface area contributed by atoms with Crippen LogP contribution in [0.3, 0.4) is 0 Å². The van der Waals surface area contributed by atoms with Crippen molar-refractivity contribution < 1.29 is 9.47 Å². The van der Waals surface area contributed by atoms with Gasteiger partial charge in [-0.2, -0.15) is 0 Å². The van der Waals surface area contributed by atoms with Crippen molar-refractivity contribution >= 4 is 0 Å². The zero-order chi connectivity index (χ0) is 17.5. The average molecular weight is 334 g/mol. The van der Waals surface area contributed by atoms with Crippen molar-refractivity contribution in [2.45, 2.75) is 43.7 Å². The zero-order valence-electron chi connectivity index (χ0n) is 14.6. The lowest BCUT2D eigenvalue weighted by Gasteiger charge is -2.25. The second-order valence-corrected chi connectivity index (χ2v) is 6.59. The third-order valence-corrected chi connectivity index (χ3v) is 4.62. The van der Waals surface area contributed by atoms with E-state index in [9.17, 15) is 0 Å². The molecular weight excluding hydrogens is 308 g/mol. The number of benzene rings is 2. The Morgan fingerprint density at radius 3 is 1.48 bits per heavy atom. The monoisotopic (exact) mass is 334 g/mol. The highest BCUT2D eigenvalue weighted by atomic mass is 16.8. The van der Waals surface area contributed by atoms with Crippen LogP contribution in [0, 0.1) is 0 Å². The van der Waals surface area contributed by atoms with E-state index in [0.717, 1.165) is 12.8 Å². The van der Waals surface area contributed by atoms with Crippen LogP contribution in [-0.4, -0.2) is 18.0 Å². The van der Waals surface area contributed by atoms with Crippen LogP contribution < -0.4 is 0 Å². The van der Waals surface area contributed by atoms with Gasteiger partial charge in [0.15, 0.2) is 5.79 Å². The molecule has 2 aromatic rings. The van der Waals surface area contributed by atoms with Crippen LogP contribution in [0.2, 0.25) is 0 Å². The van der Waals surface area contributed by atoms with Crippen LogP contribution in [0.15, 0.2) is 86.0 Å². The molecule has 130 valence electrons. The molecule has 0 unspecified atom stereocenters. The fraction of sp³-hybridized carbons (Fsp3) is 0.304. The first-order valence-electron chi connectivity index (χ1n) is 8.90. The molecule has 0 aliphatic carbocycles. The van der Waals surface area contributed by atoms with Gasteiger partial charge in [-0.1, -0.05) is 72.8 Å². The van der Waals surface area contributed by atoms with Gasteiger partial charge in [-0.3, -0.25) is 0 Å². The molecule has 0 spiro atoms. The molecule has 0 N–H and O–H groups in total. The van der Waals surface area contributed by atoms with Crippen molar-refractivity contribution in [3.8, 4) is 0 Å². The molecule has 1 heterocycles. The number of ether oxygens (including phenoxy) is 2. The zero-order valence-corrected chi connectivity index (χ0v) is 14.6. The van der Waals surface area contributed by atoms with Crippen molar-refractivity contribution in [2.75, 3.05) is 0 Å². The second-order valence-electron chi connectivity index (χ2n) is 6.59. The lowest BCUT2D eigenvalue weighted by molar-refractivity contribution is -0.169. The molecule has 3 rings (SSSR count). The quantitative estimate of drug-likeness (QED) is 0.625. The molecule has 2 heteroatoms. The Balaban J connectivity index is 1.82. The van der Waals surface area contributed by atoms with Crippen LogP contribution in [0.5, 0.6) is 0 Å². The molecule has 1 aliphatic rings. The van der Waals surface area contributed by atoms with Gasteiger partial charge in [0.25, 0.3) is 0 Å². The highest BCUT2D eigenvalue weighted by Gasteiger charge is 2.45. The average Bonchev–Trinajstić information content (AvgIpc) is 2.94. The molecule has 2 aromatic carbocycles. The molecule has 1 fully saturated rings. The minimum atomic E-state index is -0.637. The predicted octanol–water partition coefficient (Wildman–Crippen LogP) is 5.10. The smallest absolute Gasteiger partial charge is 0.176 e. The van der Waals surface area contributed by atoms with E-state index >= 15 is 0 Å². The van der Waals surface area contributed by atoms with E-state index in [1.165, 1.54) is 11.1 Å². The van der Waals surface area contributed by atoms with Crippen LogP contribution in [0.4, 0.5) is 0 Å². The van der Waals surface area contributed by atoms with Crippen LogP contribution in [0.1, 0.15) is 24.0 Å². The van der Waals surface area contributed by atoms with Gasteiger partial charge in [0.1, 0.15) is 0 Å². The molecule has 25 heavy (non-hydrogen) atoms. The molecule has 2 atom stereocenters. The molecule has 1 aliphatic heterocycles. The van der Waals surface area contributed by atoms with E-state index in [2.05, 4.69) is 61.7 Å². The maximum atomic E-state index is 6.45. The molecule has 0 saturated carbocycles. The Kier molecular flexibility index (Phi) is 5.85. The van der Waals surface area contributed by atoms with Gasteiger partial charge >= 0.3 is 0 Å². The number of hydrogen-bond donors (Lipinski definition) is 0. The topological polar surface area (TPSA) is 18.5 Å². The summed E-state index contributed by atoms with van der Waals surface area (Å²) < 4.78 is 12.9. The minimum Gasteiger partial charge on any atom is -0.343 e. The summed E-state index contributed by atoms with van der Waals surface area (Å²) in [6.45, 7) is 7.75. The Labute approximate surface area is 150 Å². The van der Waals surface area contributed by atoms with Crippen molar-refractivity contribution in [3.63, 3.8) is 0 Å². The van der Waals surface area contributed by atoms with Crippen molar-refractivity contribution in [1.82, 2.24) is 0 Å². The maximum Gasteiger partial charge on any atom is 0.176 e. The van der Waals surface area contributed by atoms with E-state index in [1.807, 2.05) is 24.3 Å². The van der Waals surface area contributed by atoms with Gasteiger partial charge in [0.2, 0.25) is 0 Å². The lowest BCUT2D eigenvalue weighted by atomic mass is 9.99. The summed E-state index contributed by atoms with van der Waals surface area (Å²) in [5, 5.41) is 0. The summed E-state index contributed by atoms with van der Waals surface area (Å²) in [5.41, 5.74) is 2.53. The van der Waals surface area contributed by atoms with Gasteiger partial charge < -0.3 is 9.47 Å². The first kappa shape index (κ1) is 17.7. The lowest BCUT2D eigenvalue weighted by Crippen LogP contribution is -2.30. The first-order valence-corrected chi connectivity index (χ1v) is 8.90. The van der Waals surface area contributed by atoms with Crippen LogP contribution >= 0.6 is 0 Å². The Hall–Kier alpha value is -2.16. The molecule has 2 nitrogen and oxygen atoms in total. The highest BCUT2D eigenvalue weighted by Crippen LogP contribution is 2.37. The fourth-order valence-electron chi connectivity index (χ4n) is 3.49. The van der Waals surface area contributed by atoms with Crippen molar-refractivity contribution in [1.29, 1.82) is 0 Å². The van der Waals surface area contributed by atoms with Gasteiger partial charge in [0, 0.05) is 25.7 Å². The molecule has 1 saturated heterocycles. The van der Waals surface area contributed by atoms with Gasteiger partial charge in [-0.25, -0.2) is 0 Å². The Bertz CT molecular complexity index is 616. The summed E-state index contributed by atoms with van der Waals surface area (Å²) >= 11 is 0. The molecule has 0 amide bonds. The molecule has 0 bridgehead atoms. The summed E-state index contributed by atoms with van der Waals surface area (Å²) in [6.07, 6.45) is 6.78. The van der Waals surface area contributed by atoms with Gasteiger partial charge in [0.05, 0.1) is 12.2 Å². The van der Waals surface area contributed by atoms with E-state index in [0.29, 0.717) is 12.8 Å². The third-order valence-electron chi connectivity index (χ3n) is 4.62. The minimum absolute atomic E-state index is 0.0162. The second kappa shape index (κ2) is 8.28. The largest absolute Gasteiger partial charge is 0.343 e. The van der Waals surface area contributed by atoms with Crippen LogP contribution in [0.25, 0.3) is 0 Å². The summed E-state index contributed by atoms with van der Waals surface area (Å²) in [6, 6.07) is 20.9. The molecule has 0 radical (unpaired) electrons. The number of rotatable bonds is 8.